The number of hydrogen-bond donors (Lipinski definition) is 0. The lowest BCUT2D eigenvalue weighted by Gasteiger charge is -2.43. The van der Waals surface area contributed by atoms with Crippen LogP contribution in [0.3, 0.4) is 0 Å². The molecule has 5 nitrogen and oxygen atoms in total. The number of halogens is 1. The van der Waals surface area contributed by atoms with Crippen LogP contribution < -0.4 is 4.74 Å². The smallest absolute Gasteiger partial charge is 0.317 e. The summed E-state index contributed by atoms with van der Waals surface area (Å²) >= 11 is 6.32. The lowest BCUT2D eigenvalue weighted by atomic mass is 9.73. The molecule has 0 radical (unpaired) electrons. The first-order chi connectivity index (χ1) is 17.0. The van der Waals surface area contributed by atoms with Gasteiger partial charge in [0.15, 0.2) is 5.78 Å². The number of esters is 1. The molecule has 2 unspecified atom stereocenters. The van der Waals surface area contributed by atoms with Gasteiger partial charge in [0.25, 0.3) is 0 Å². The summed E-state index contributed by atoms with van der Waals surface area (Å²) in [5, 5.41) is 1.59. The van der Waals surface area contributed by atoms with E-state index in [4.69, 9.17) is 21.1 Å². The predicted octanol–water partition coefficient (Wildman–Crippen LogP) is 6.13. The van der Waals surface area contributed by atoms with Gasteiger partial charge >= 0.3 is 5.97 Å². The van der Waals surface area contributed by atoms with Crippen LogP contribution in [0.15, 0.2) is 54.6 Å². The van der Waals surface area contributed by atoms with Gasteiger partial charge in [-0.3, -0.25) is 14.6 Å². The Kier molecular flexibility index (Phi) is 6.79. The molecule has 1 aliphatic carbocycles. The van der Waals surface area contributed by atoms with E-state index in [1.165, 1.54) is 0 Å². The van der Waals surface area contributed by atoms with E-state index in [9.17, 15) is 9.59 Å². The zero-order valence-electron chi connectivity index (χ0n) is 20.0. The third-order valence-electron chi connectivity index (χ3n) is 7.67. The van der Waals surface area contributed by atoms with Gasteiger partial charge in [-0.2, -0.15) is 0 Å². The summed E-state index contributed by atoms with van der Waals surface area (Å²) in [5.41, 5.74) is 1.89. The van der Waals surface area contributed by atoms with Crippen LogP contribution in [0.5, 0.6) is 5.75 Å². The minimum atomic E-state index is -0.798. The van der Waals surface area contributed by atoms with Gasteiger partial charge in [-0.25, -0.2) is 0 Å². The van der Waals surface area contributed by atoms with Gasteiger partial charge in [0.2, 0.25) is 0 Å². The predicted molar refractivity (Wildman–Crippen MR) is 136 cm³/mol. The lowest BCUT2D eigenvalue weighted by molar-refractivity contribution is -0.185. The second-order valence-corrected chi connectivity index (χ2v) is 10.2. The molecule has 6 heteroatoms. The number of ketones is 1. The Bertz CT molecular complexity index is 1230. The molecular formula is C29H30ClNO4. The summed E-state index contributed by atoms with van der Waals surface area (Å²) in [4.78, 5) is 31.4. The van der Waals surface area contributed by atoms with Crippen molar-refractivity contribution in [3.8, 4) is 5.75 Å². The van der Waals surface area contributed by atoms with Crippen molar-refractivity contribution in [3.63, 3.8) is 0 Å². The summed E-state index contributed by atoms with van der Waals surface area (Å²) in [6, 6.07) is 17.4. The molecule has 0 spiro atoms. The van der Waals surface area contributed by atoms with E-state index in [0.29, 0.717) is 23.6 Å². The van der Waals surface area contributed by atoms with E-state index in [1.54, 1.807) is 7.11 Å². The normalized spacial score (nSPS) is 23.0. The number of benzene rings is 2. The molecule has 1 aliphatic heterocycles. The quantitative estimate of drug-likeness (QED) is 0.293. The molecule has 3 aromatic rings. The molecule has 2 fully saturated rings. The van der Waals surface area contributed by atoms with Gasteiger partial charge in [0, 0.05) is 23.9 Å². The van der Waals surface area contributed by atoms with E-state index in [2.05, 4.69) is 4.98 Å². The molecule has 0 amide bonds. The second kappa shape index (κ2) is 9.98. The molecular weight excluding hydrogens is 462 g/mol. The highest BCUT2D eigenvalue weighted by molar-refractivity contribution is 6.32. The maximum atomic E-state index is 13.4. The van der Waals surface area contributed by atoms with Crippen molar-refractivity contribution in [1.29, 1.82) is 0 Å². The first-order valence-corrected chi connectivity index (χ1v) is 12.8. The molecule has 5 rings (SSSR count). The Labute approximate surface area is 210 Å². The highest BCUT2D eigenvalue weighted by Crippen LogP contribution is 2.45. The van der Waals surface area contributed by atoms with Crippen LogP contribution in [0, 0.1) is 11.8 Å². The molecule has 2 aromatic carbocycles. The first kappa shape index (κ1) is 23.8. The van der Waals surface area contributed by atoms with Crippen LogP contribution in [0.2, 0.25) is 5.02 Å². The Morgan fingerprint density at radius 2 is 1.89 bits per heavy atom. The summed E-state index contributed by atoms with van der Waals surface area (Å²) in [6.07, 6.45) is 6.02. The van der Waals surface area contributed by atoms with Crippen molar-refractivity contribution in [1.82, 2.24) is 4.98 Å². The van der Waals surface area contributed by atoms with Crippen LogP contribution >= 0.6 is 11.6 Å². The average Bonchev–Trinajstić information content (AvgIpc) is 3.41. The monoisotopic (exact) mass is 491 g/mol. The Morgan fingerprint density at radius 1 is 1.09 bits per heavy atom. The van der Waals surface area contributed by atoms with E-state index < -0.39 is 17.5 Å². The Morgan fingerprint density at radius 3 is 2.63 bits per heavy atom. The maximum Gasteiger partial charge on any atom is 0.317 e. The van der Waals surface area contributed by atoms with Crippen LogP contribution in [0.4, 0.5) is 0 Å². The summed E-state index contributed by atoms with van der Waals surface area (Å²) in [7, 11) is 1.59. The van der Waals surface area contributed by atoms with Crippen LogP contribution in [0.1, 0.15) is 49.8 Å². The van der Waals surface area contributed by atoms with Crippen LogP contribution in [-0.4, -0.2) is 29.4 Å². The summed E-state index contributed by atoms with van der Waals surface area (Å²) in [5.74, 6) is -0.394. The number of aromatic nitrogens is 1. The molecule has 2 aliphatic rings. The number of hydrogen-bond acceptors (Lipinski definition) is 5. The van der Waals surface area contributed by atoms with Crippen molar-refractivity contribution in [2.45, 2.75) is 57.0 Å². The largest absolute Gasteiger partial charge is 0.495 e. The van der Waals surface area contributed by atoms with Crippen LogP contribution in [-0.2, 0) is 27.2 Å². The number of methoxy groups -OCH3 is 1. The molecule has 0 bridgehead atoms. The molecule has 182 valence electrons. The number of carbonyl (C=O) groups is 2. The molecule has 1 saturated heterocycles. The second-order valence-electron chi connectivity index (χ2n) is 9.83. The van der Waals surface area contributed by atoms with Gasteiger partial charge in [0.05, 0.1) is 17.6 Å². The van der Waals surface area contributed by atoms with Crippen LogP contribution in [0.25, 0.3) is 10.9 Å². The zero-order valence-corrected chi connectivity index (χ0v) is 20.7. The van der Waals surface area contributed by atoms with Gasteiger partial charge in [-0.05, 0) is 61.4 Å². The zero-order chi connectivity index (χ0) is 24.4. The van der Waals surface area contributed by atoms with Crippen molar-refractivity contribution in [2.24, 2.45) is 11.8 Å². The molecule has 1 saturated carbocycles. The minimum absolute atomic E-state index is 0.0316. The molecule has 35 heavy (non-hydrogen) atoms. The number of para-hydroxylation sites is 1. The number of carbonyl (C=O) groups excluding carboxylic acids is 2. The fourth-order valence-electron chi connectivity index (χ4n) is 5.73. The van der Waals surface area contributed by atoms with Gasteiger partial charge in [-0.1, -0.05) is 54.8 Å². The number of Topliss-reactive ketones (excluding diaryl/α,β-unsaturated/α-hetero) is 1. The number of ether oxygens (including phenoxy) is 2. The van der Waals surface area contributed by atoms with Crippen molar-refractivity contribution >= 4 is 34.3 Å². The number of pyridine rings is 1. The SMILES string of the molecule is COc1ccc(CCC2(C3CCCC3)CC(=O)C(Cc3ccc4ccccc4n3)C(=O)O2)cc1Cl. The summed E-state index contributed by atoms with van der Waals surface area (Å²) < 4.78 is 11.5. The van der Waals surface area contributed by atoms with Gasteiger partial charge in [-0.15, -0.1) is 0 Å². The highest BCUT2D eigenvalue weighted by atomic mass is 35.5. The van der Waals surface area contributed by atoms with E-state index >= 15 is 0 Å². The van der Waals surface area contributed by atoms with Gasteiger partial charge in [0.1, 0.15) is 17.3 Å². The maximum absolute atomic E-state index is 13.4. The third-order valence-corrected chi connectivity index (χ3v) is 7.97. The average molecular weight is 492 g/mol. The fourth-order valence-corrected chi connectivity index (χ4v) is 6.01. The van der Waals surface area contributed by atoms with E-state index in [1.807, 2.05) is 54.6 Å². The minimum Gasteiger partial charge on any atom is -0.495 e. The van der Waals surface area contributed by atoms with Crippen molar-refractivity contribution in [3.05, 3.63) is 70.9 Å². The van der Waals surface area contributed by atoms with E-state index in [0.717, 1.165) is 47.8 Å². The lowest BCUT2D eigenvalue weighted by Crippen LogP contribution is -2.52. The number of aryl methyl sites for hydroxylation is 1. The van der Waals surface area contributed by atoms with E-state index in [-0.39, 0.29) is 24.5 Å². The molecule has 1 aromatic heterocycles. The third kappa shape index (κ3) is 4.92. The molecule has 2 atom stereocenters. The van der Waals surface area contributed by atoms with Crippen molar-refractivity contribution in [2.75, 3.05) is 7.11 Å². The number of cyclic esters (lactones) is 1. The topological polar surface area (TPSA) is 65.5 Å². The molecule has 0 N–H and O–H groups in total. The Hall–Kier alpha value is -2.92. The molecule has 2 heterocycles. The Balaban J connectivity index is 1.34. The standard InChI is InChI=1S/C29H30ClNO4/c1-34-27-13-10-19(16-24(27)30)14-15-29(21-7-3-4-8-21)18-26(32)23(28(33)35-29)17-22-12-11-20-6-2-5-9-25(20)31-22/h2,5-6,9-13,16,21,23H,3-4,7-8,14-15,17-18H2,1H3. The number of rotatable bonds is 7. The highest BCUT2D eigenvalue weighted by Gasteiger charge is 2.51. The van der Waals surface area contributed by atoms with Gasteiger partial charge < -0.3 is 9.47 Å². The number of nitrogens with zero attached hydrogens (tertiary/aromatic N) is 1. The fraction of sp³-hybridized carbons (Fsp3) is 0.414. The summed E-state index contributed by atoms with van der Waals surface area (Å²) in [6.45, 7) is 0. The van der Waals surface area contributed by atoms with Crippen molar-refractivity contribution < 1.29 is 19.1 Å². The number of fused-ring (bicyclic) bond motifs is 1. The first-order valence-electron chi connectivity index (χ1n) is 12.4.